The zero-order valence-corrected chi connectivity index (χ0v) is 23.3. The average Bonchev–Trinajstić information content (AvgIpc) is 2.58. The number of amides is 2. The van der Waals surface area contributed by atoms with E-state index in [0.717, 1.165) is 0 Å². The van der Waals surface area contributed by atoms with Gasteiger partial charge in [-0.2, -0.15) is 0 Å². The van der Waals surface area contributed by atoms with Gasteiger partial charge in [0, 0.05) is 0 Å². The van der Waals surface area contributed by atoms with Gasteiger partial charge < -0.3 is 0 Å². The zero-order valence-electron chi connectivity index (χ0n) is 18.7. The Morgan fingerprint density at radius 1 is 0.700 bits per heavy atom. The molecule has 30 heavy (non-hydrogen) atoms. The number of carbonyl (C=O) groups is 4. The fourth-order valence-corrected chi connectivity index (χ4v) is 13.2. The summed E-state index contributed by atoms with van der Waals surface area (Å²) in [6.07, 6.45) is -1.38. The van der Waals surface area contributed by atoms with E-state index in [4.69, 9.17) is 18.9 Å². The van der Waals surface area contributed by atoms with Gasteiger partial charge in [-0.05, 0) is 0 Å². The van der Waals surface area contributed by atoms with Gasteiger partial charge >= 0.3 is 195 Å². The number of hydrogen-bond donors (Lipinski definition) is 2. The van der Waals surface area contributed by atoms with Crippen LogP contribution in [0.15, 0.2) is 0 Å². The normalized spacial score (nSPS) is 13.5. The maximum absolute atomic E-state index is 12.0. The molecule has 0 aromatic heterocycles. The third-order valence-corrected chi connectivity index (χ3v) is 14.5. The second-order valence-electron chi connectivity index (χ2n) is 8.01. The Balaban J connectivity index is 4.74. The van der Waals surface area contributed by atoms with Crippen LogP contribution in [0.1, 0.15) is 41.5 Å². The van der Waals surface area contributed by atoms with Crippen LogP contribution in [0.3, 0.4) is 0 Å². The first-order chi connectivity index (χ1) is 13.7. The van der Waals surface area contributed by atoms with Gasteiger partial charge in [0.15, 0.2) is 0 Å². The Kier molecular flexibility index (Phi) is 13.0. The molecule has 0 aliphatic rings. The molecule has 0 aliphatic heterocycles. The van der Waals surface area contributed by atoms with Crippen molar-refractivity contribution in [2.45, 2.75) is 73.8 Å². The van der Waals surface area contributed by atoms with Gasteiger partial charge in [-0.15, -0.1) is 0 Å². The van der Waals surface area contributed by atoms with Crippen LogP contribution < -0.4 is 10.6 Å². The van der Waals surface area contributed by atoms with Crippen molar-refractivity contribution in [1.82, 2.24) is 10.6 Å². The predicted octanol–water partition coefficient (Wildman–Crippen LogP) is 1.28. The molecule has 0 saturated carbocycles. The van der Waals surface area contributed by atoms with Crippen molar-refractivity contribution in [2.24, 2.45) is 0 Å². The molecule has 0 rings (SSSR count). The van der Waals surface area contributed by atoms with Crippen LogP contribution in [0.2, 0.25) is 8.94 Å². The molecule has 0 aromatic rings. The molecule has 2 N–H and O–H groups in total. The van der Waals surface area contributed by atoms with Gasteiger partial charge in [-0.1, -0.05) is 0 Å². The Morgan fingerprint density at radius 2 is 1.00 bits per heavy atom. The third kappa shape index (κ3) is 14.1. The Bertz CT molecular complexity index is 550. The molecule has 12 heteroatoms. The van der Waals surface area contributed by atoms with Crippen LogP contribution in [0.25, 0.3) is 0 Å². The van der Waals surface area contributed by atoms with E-state index >= 15 is 0 Å². The monoisotopic (exact) mass is 664 g/mol. The van der Waals surface area contributed by atoms with E-state index in [1.165, 1.54) is 14.2 Å². The fourth-order valence-electron chi connectivity index (χ4n) is 1.75. The molecule has 174 valence electrons. The molecule has 10 nitrogen and oxygen atoms in total. The first-order valence-corrected chi connectivity index (χ1v) is 19.7. The number of rotatable bonds is 9. The van der Waals surface area contributed by atoms with Crippen LogP contribution in [0.4, 0.5) is 9.59 Å². The Labute approximate surface area is 194 Å². The first-order valence-electron chi connectivity index (χ1n) is 9.07. The second-order valence-corrected chi connectivity index (χ2v) is 20.3. The van der Waals surface area contributed by atoms with Crippen LogP contribution in [-0.4, -0.2) is 95.7 Å². The molecule has 0 heterocycles. The van der Waals surface area contributed by atoms with Gasteiger partial charge in [-0.3, -0.25) is 0 Å². The minimum absolute atomic E-state index is 0.458. The molecule has 0 radical (unpaired) electrons. The van der Waals surface area contributed by atoms with Crippen molar-refractivity contribution in [3.8, 4) is 0 Å². The van der Waals surface area contributed by atoms with Crippen molar-refractivity contribution >= 4 is 58.2 Å². The number of hydrogen-bond acceptors (Lipinski definition) is 8. The summed E-state index contributed by atoms with van der Waals surface area (Å²) in [5.74, 6) is -1.09. The van der Waals surface area contributed by atoms with E-state index in [9.17, 15) is 19.2 Å². The summed E-state index contributed by atoms with van der Waals surface area (Å²) in [6, 6.07) is -1.60. The fraction of sp³-hybridized carbons (Fsp3) is 0.778. The van der Waals surface area contributed by atoms with E-state index in [-0.39, 0.29) is 0 Å². The molecule has 0 aromatic carbocycles. The molecular formula is C18H32N2O8Te2. The van der Waals surface area contributed by atoms with Crippen molar-refractivity contribution in [2.75, 3.05) is 14.2 Å². The van der Waals surface area contributed by atoms with Gasteiger partial charge in [0.1, 0.15) is 0 Å². The topological polar surface area (TPSA) is 129 Å². The summed E-state index contributed by atoms with van der Waals surface area (Å²) < 4.78 is 20.8. The van der Waals surface area contributed by atoms with E-state index in [1.54, 1.807) is 41.5 Å². The second kappa shape index (κ2) is 13.5. The standard InChI is InChI=1S/C18H32N2O8Te2/c1-17(2,3)27-15(23)19-11(13(21)25-7)9-29-30-10-12(14(22)26-8)20-16(24)28-18(4,5)6/h11-12H,9-10H2,1-8H3,(H,19,23)(H,20,24)/t11-,12-/m0/s1. The van der Waals surface area contributed by atoms with Crippen molar-refractivity contribution in [1.29, 1.82) is 0 Å². The quantitative estimate of drug-likeness (QED) is 0.164. The molecule has 0 aliphatic carbocycles. The Morgan fingerprint density at radius 3 is 1.23 bits per heavy atom. The summed E-state index contributed by atoms with van der Waals surface area (Å²) >= 11 is -1.35. The van der Waals surface area contributed by atoms with Crippen LogP contribution >= 0.6 is 0 Å². The summed E-state index contributed by atoms with van der Waals surface area (Å²) in [4.78, 5) is 47.8. The number of methoxy groups -OCH3 is 2. The van der Waals surface area contributed by atoms with Crippen LogP contribution in [0.5, 0.6) is 0 Å². The maximum atomic E-state index is 12.0. The number of ether oxygens (including phenoxy) is 4. The molecule has 0 bridgehead atoms. The number of nitrogens with one attached hydrogen (secondary N) is 2. The molecule has 2 atom stereocenters. The van der Waals surface area contributed by atoms with E-state index in [1.807, 2.05) is 0 Å². The molecule has 0 saturated heterocycles. The van der Waals surface area contributed by atoms with Crippen LogP contribution in [0, 0.1) is 0 Å². The molecule has 0 spiro atoms. The van der Waals surface area contributed by atoms with Gasteiger partial charge in [0.25, 0.3) is 0 Å². The van der Waals surface area contributed by atoms with Crippen molar-refractivity contribution in [3.63, 3.8) is 0 Å². The predicted molar refractivity (Wildman–Crippen MR) is 111 cm³/mol. The summed E-state index contributed by atoms with van der Waals surface area (Å²) in [6.45, 7) is 10.4. The molecule has 0 unspecified atom stereocenters. The van der Waals surface area contributed by atoms with Crippen LogP contribution in [-0.2, 0) is 28.5 Å². The molecule has 2 amide bonds. The van der Waals surface area contributed by atoms with Gasteiger partial charge in [-0.25, -0.2) is 0 Å². The Hall–Kier alpha value is -0.941. The van der Waals surface area contributed by atoms with E-state index < -0.39 is 81.5 Å². The van der Waals surface area contributed by atoms with Crippen molar-refractivity contribution in [3.05, 3.63) is 0 Å². The minimum atomic E-state index is -0.798. The van der Waals surface area contributed by atoms with Gasteiger partial charge in [0.2, 0.25) is 0 Å². The van der Waals surface area contributed by atoms with Crippen molar-refractivity contribution < 1.29 is 38.1 Å². The number of esters is 2. The average molecular weight is 660 g/mol. The van der Waals surface area contributed by atoms with E-state index in [2.05, 4.69) is 10.6 Å². The van der Waals surface area contributed by atoms with E-state index in [0.29, 0.717) is 8.94 Å². The number of alkyl carbamates (subject to hydrolysis) is 2. The summed E-state index contributed by atoms with van der Waals surface area (Å²) in [5, 5.41) is 5.08. The summed E-state index contributed by atoms with van der Waals surface area (Å²) in [5.41, 5.74) is -1.37. The van der Waals surface area contributed by atoms with Gasteiger partial charge in [0.05, 0.1) is 0 Å². The third-order valence-electron chi connectivity index (χ3n) is 2.91. The number of carbonyl (C=O) groups excluding carboxylic acids is 4. The summed E-state index contributed by atoms with van der Waals surface area (Å²) in [7, 11) is 2.50. The first kappa shape index (κ1) is 29.1. The zero-order chi connectivity index (χ0) is 23.5. The molecular weight excluding hydrogens is 627 g/mol. The SMILES string of the molecule is COC(=O)[C@H](C[Te][Te]C[C@H](NC(=O)OC(C)(C)C)C(=O)OC)NC(=O)OC(C)(C)C. The molecule has 0 fully saturated rings.